The van der Waals surface area contributed by atoms with E-state index in [0.29, 0.717) is 24.4 Å². The summed E-state index contributed by atoms with van der Waals surface area (Å²) in [5.41, 5.74) is 0.806. The van der Waals surface area contributed by atoms with E-state index in [1.165, 1.54) is 11.3 Å². The summed E-state index contributed by atoms with van der Waals surface area (Å²) < 4.78 is 0. The molecule has 5 heteroatoms. The minimum Gasteiger partial charge on any atom is -0.477 e. The minimum atomic E-state index is -0.876. The highest BCUT2D eigenvalue weighted by atomic mass is 32.1. The molecule has 3 N–H and O–H groups in total. The fourth-order valence-corrected chi connectivity index (χ4v) is 1.85. The van der Waals surface area contributed by atoms with Crippen molar-refractivity contribution in [3.63, 3.8) is 0 Å². The van der Waals surface area contributed by atoms with Crippen LogP contribution in [0.25, 0.3) is 0 Å². The van der Waals surface area contributed by atoms with Crippen LogP contribution in [-0.4, -0.2) is 29.3 Å². The third-order valence-corrected chi connectivity index (χ3v) is 2.71. The molecular formula is C9H13NO3S. The quantitative estimate of drug-likeness (QED) is 0.617. The van der Waals surface area contributed by atoms with Gasteiger partial charge in [0.1, 0.15) is 4.88 Å². The first-order valence-corrected chi connectivity index (χ1v) is 5.25. The summed E-state index contributed by atoms with van der Waals surface area (Å²) in [6.07, 6.45) is 0.687. The smallest absolute Gasteiger partial charge is 0.346 e. The van der Waals surface area contributed by atoms with E-state index < -0.39 is 5.97 Å². The lowest BCUT2D eigenvalue weighted by molar-refractivity contribution is 0.0701. The zero-order valence-corrected chi connectivity index (χ0v) is 8.51. The fourth-order valence-electron chi connectivity index (χ4n) is 1.09. The van der Waals surface area contributed by atoms with Gasteiger partial charge in [-0.2, -0.15) is 0 Å². The van der Waals surface area contributed by atoms with E-state index in [1.807, 2.05) is 0 Å². The van der Waals surface area contributed by atoms with Gasteiger partial charge in [0.2, 0.25) is 0 Å². The number of nitrogens with one attached hydrogen (secondary N) is 1. The van der Waals surface area contributed by atoms with E-state index in [9.17, 15) is 4.79 Å². The molecule has 0 saturated carbocycles. The first-order valence-electron chi connectivity index (χ1n) is 4.37. The van der Waals surface area contributed by atoms with Crippen molar-refractivity contribution >= 4 is 17.3 Å². The lowest BCUT2D eigenvalue weighted by Crippen LogP contribution is -2.16. The highest BCUT2D eigenvalue weighted by Gasteiger charge is 2.10. The maximum atomic E-state index is 10.7. The first-order chi connectivity index (χ1) is 6.75. The molecule has 0 aliphatic carbocycles. The van der Waals surface area contributed by atoms with Gasteiger partial charge in [-0.3, -0.25) is 0 Å². The summed E-state index contributed by atoms with van der Waals surface area (Å²) in [6.45, 7) is 1.40. The van der Waals surface area contributed by atoms with Gasteiger partial charge in [0, 0.05) is 13.2 Å². The SMILES string of the molecule is O=C(O)c1sccc1CNCCCO. The highest BCUT2D eigenvalue weighted by Crippen LogP contribution is 2.16. The van der Waals surface area contributed by atoms with Crippen LogP contribution in [-0.2, 0) is 6.54 Å². The zero-order valence-electron chi connectivity index (χ0n) is 7.69. The lowest BCUT2D eigenvalue weighted by Gasteiger charge is -2.02. The predicted molar refractivity (Wildman–Crippen MR) is 54.7 cm³/mol. The van der Waals surface area contributed by atoms with Crippen LogP contribution in [0, 0.1) is 0 Å². The molecule has 0 amide bonds. The molecule has 1 rings (SSSR count). The van der Waals surface area contributed by atoms with Crippen molar-refractivity contribution in [2.45, 2.75) is 13.0 Å². The number of carboxylic acid groups (broad SMARTS) is 1. The van der Waals surface area contributed by atoms with Crippen LogP contribution < -0.4 is 5.32 Å². The lowest BCUT2D eigenvalue weighted by atomic mass is 10.2. The van der Waals surface area contributed by atoms with E-state index in [-0.39, 0.29) is 6.61 Å². The van der Waals surface area contributed by atoms with Crippen LogP contribution >= 0.6 is 11.3 Å². The Kier molecular flexibility index (Phi) is 4.58. The molecule has 0 fully saturated rings. The Morgan fingerprint density at radius 3 is 3.00 bits per heavy atom. The average molecular weight is 215 g/mol. The molecule has 0 aliphatic rings. The number of carboxylic acids is 1. The Morgan fingerprint density at radius 1 is 1.57 bits per heavy atom. The molecule has 1 aromatic heterocycles. The summed E-state index contributed by atoms with van der Waals surface area (Å²) in [4.78, 5) is 11.1. The molecule has 1 heterocycles. The Hall–Kier alpha value is -0.910. The third-order valence-electron chi connectivity index (χ3n) is 1.77. The van der Waals surface area contributed by atoms with Crippen molar-refractivity contribution in [1.82, 2.24) is 5.32 Å². The number of carbonyl (C=O) groups is 1. The monoisotopic (exact) mass is 215 g/mol. The van der Waals surface area contributed by atoms with E-state index in [4.69, 9.17) is 10.2 Å². The summed E-state index contributed by atoms with van der Waals surface area (Å²) in [7, 11) is 0. The van der Waals surface area contributed by atoms with Crippen molar-refractivity contribution in [3.8, 4) is 0 Å². The molecule has 0 unspecified atom stereocenters. The molecule has 0 bridgehead atoms. The van der Waals surface area contributed by atoms with Gasteiger partial charge in [-0.05, 0) is 30.0 Å². The van der Waals surface area contributed by atoms with Crippen LogP contribution in [0.2, 0.25) is 0 Å². The topological polar surface area (TPSA) is 69.6 Å². The molecule has 0 radical (unpaired) electrons. The maximum absolute atomic E-state index is 10.7. The van der Waals surface area contributed by atoms with Gasteiger partial charge in [0.15, 0.2) is 0 Å². The van der Waals surface area contributed by atoms with Crippen LogP contribution in [0.1, 0.15) is 21.7 Å². The standard InChI is InChI=1S/C9H13NO3S/c11-4-1-3-10-6-7-2-5-14-8(7)9(12)13/h2,5,10-11H,1,3-4,6H2,(H,12,13). The number of thiophene rings is 1. The molecule has 0 saturated heterocycles. The summed E-state index contributed by atoms with van der Waals surface area (Å²) in [5.74, 6) is -0.876. The Morgan fingerprint density at radius 2 is 2.36 bits per heavy atom. The van der Waals surface area contributed by atoms with Gasteiger partial charge in [-0.15, -0.1) is 11.3 Å². The van der Waals surface area contributed by atoms with Crippen LogP contribution in [0.5, 0.6) is 0 Å². The van der Waals surface area contributed by atoms with Crippen LogP contribution in [0.4, 0.5) is 0 Å². The molecule has 1 aromatic rings. The van der Waals surface area contributed by atoms with E-state index >= 15 is 0 Å². The summed E-state index contributed by atoms with van der Waals surface area (Å²) >= 11 is 1.23. The zero-order chi connectivity index (χ0) is 10.4. The first kappa shape index (κ1) is 11.2. The molecule has 0 spiro atoms. The number of hydrogen-bond acceptors (Lipinski definition) is 4. The Bertz CT molecular complexity index is 298. The second-order valence-electron chi connectivity index (χ2n) is 2.83. The van der Waals surface area contributed by atoms with Crippen molar-refractivity contribution < 1.29 is 15.0 Å². The Balaban J connectivity index is 2.42. The van der Waals surface area contributed by atoms with E-state index in [1.54, 1.807) is 11.4 Å². The van der Waals surface area contributed by atoms with Crippen molar-refractivity contribution in [3.05, 3.63) is 21.9 Å². The minimum absolute atomic E-state index is 0.155. The van der Waals surface area contributed by atoms with Crippen molar-refractivity contribution in [2.24, 2.45) is 0 Å². The predicted octanol–water partition coefficient (Wildman–Crippen LogP) is 0.918. The second kappa shape index (κ2) is 5.74. The molecule has 0 atom stereocenters. The second-order valence-corrected chi connectivity index (χ2v) is 3.75. The Labute approximate surface area is 86.2 Å². The molecule has 4 nitrogen and oxygen atoms in total. The number of hydrogen-bond donors (Lipinski definition) is 3. The number of rotatable bonds is 6. The van der Waals surface area contributed by atoms with Gasteiger partial charge >= 0.3 is 5.97 Å². The van der Waals surface area contributed by atoms with E-state index in [0.717, 1.165) is 5.56 Å². The number of aromatic carboxylic acids is 1. The molecule has 14 heavy (non-hydrogen) atoms. The van der Waals surface area contributed by atoms with Gasteiger partial charge in [-0.1, -0.05) is 0 Å². The maximum Gasteiger partial charge on any atom is 0.346 e. The van der Waals surface area contributed by atoms with Gasteiger partial charge in [0.05, 0.1) is 0 Å². The van der Waals surface area contributed by atoms with Gasteiger partial charge in [0.25, 0.3) is 0 Å². The summed E-state index contributed by atoms with van der Waals surface area (Å²) in [5, 5.41) is 22.2. The van der Waals surface area contributed by atoms with Gasteiger partial charge < -0.3 is 15.5 Å². The van der Waals surface area contributed by atoms with Crippen LogP contribution in [0.3, 0.4) is 0 Å². The molecular weight excluding hydrogens is 202 g/mol. The normalized spacial score (nSPS) is 10.4. The van der Waals surface area contributed by atoms with Gasteiger partial charge in [-0.25, -0.2) is 4.79 Å². The summed E-state index contributed by atoms with van der Waals surface area (Å²) in [6, 6.07) is 1.81. The largest absolute Gasteiger partial charge is 0.477 e. The molecule has 0 aliphatic heterocycles. The fraction of sp³-hybridized carbons (Fsp3) is 0.444. The molecule has 0 aromatic carbocycles. The van der Waals surface area contributed by atoms with Crippen LogP contribution in [0.15, 0.2) is 11.4 Å². The number of aliphatic hydroxyl groups excluding tert-OH is 1. The van der Waals surface area contributed by atoms with Crippen molar-refractivity contribution in [2.75, 3.05) is 13.2 Å². The highest BCUT2D eigenvalue weighted by molar-refractivity contribution is 7.12. The molecule has 78 valence electrons. The average Bonchev–Trinajstić information content (AvgIpc) is 2.60. The van der Waals surface area contributed by atoms with Crippen molar-refractivity contribution in [1.29, 1.82) is 0 Å². The third kappa shape index (κ3) is 3.10. The van der Waals surface area contributed by atoms with E-state index in [2.05, 4.69) is 5.32 Å². The number of aliphatic hydroxyl groups is 1.